The van der Waals surface area contributed by atoms with E-state index in [2.05, 4.69) is 15.0 Å². The smallest absolute Gasteiger partial charge is 0.332 e. The van der Waals surface area contributed by atoms with Crippen LogP contribution in [0.1, 0.15) is 49.9 Å². The molecule has 0 saturated heterocycles. The summed E-state index contributed by atoms with van der Waals surface area (Å²) in [5, 5.41) is 21.7. The van der Waals surface area contributed by atoms with Gasteiger partial charge in [-0.15, -0.1) is 0 Å². The monoisotopic (exact) mass is 511 g/mol. The van der Waals surface area contributed by atoms with Crippen LogP contribution in [0.15, 0.2) is 52.3 Å². The summed E-state index contributed by atoms with van der Waals surface area (Å²) < 4.78 is 43.1. The highest BCUT2D eigenvalue weighted by molar-refractivity contribution is 7.91. The molecule has 3 aromatic rings. The molecule has 0 aliphatic heterocycles. The molecule has 188 valence electrons. The molecule has 4 N–H and O–H groups in total. The van der Waals surface area contributed by atoms with Gasteiger partial charge in [-0.3, -0.25) is 0 Å². The third kappa shape index (κ3) is 5.56. The highest BCUT2D eigenvalue weighted by Gasteiger charge is 2.26. The lowest BCUT2D eigenvalue weighted by Gasteiger charge is -2.27. The molecule has 11 heteroatoms. The van der Waals surface area contributed by atoms with Crippen LogP contribution in [-0.2, 0) is 21.9 Å². The summed E-state index contributed by atoms with van der Waals surface area (Å²) in [6.45, 7) is 3.01. The highest BCUT2D eigenvalue weighted by Crippen LogP contribution is 2.37. The third-order valence-corrected chi connectivity index (χ3v) is 7.40. The fourth-order valence-electron chi connectivity index (χ4n) is 3.97. The summed E-state index contributed by atoms with van der Waals surface area (Å²) in [5.41, 5.74) is 0.792. The van der Waals surface area contributed by atoms with Gasteiger partial charge in [0.1, 0.15) is 17.6 Å². The number of halogens is 1. The number of nitrogens with one attached hydrogen (secondary N) is 3. The molecule has 1 aromatic carbocycles. The number of carbonyl (C=O) groups excluding carboxylic acids is 1. The van der Waals surface area contributed by atoms with Crippen molar-refractivity contribution < 1.29 is 22.9 Å². The van der Waals surface area contributed by atoms with Gasteiger partial charge in [0.2, 0.25) is 5.09 Å². The second kappa shape index (κ2) is 9.72. The Balaban J connectivity index is 1.68. The SMILES string of the molecule is CC(C)(O)c1coc([S@](=N)(=O)NC(=O)Nc2c(CC3CCC3)cc(F)cc2-c2ccnc(C#N)c2)c1. The first-order chi connectivity index (χ1) is 17.0. The summed E-state index contributed by atoms with van der Waals surface area (Å²) in [4.78, 5) is 16.9. The minimum Gasteiger partial charge on any atom is -0.452 e. The average Bonchev–Trinajstić information content (AvgIpc) is 3.29. The number of nitriles is 1. The molecule has 1 aliphatic carbocycles. The number of furan rings is 1. The Kier molecular flexibility index (Phi) is 6.84. The van der Waals surface area contributed by atoms with Gasteiger partial charge in [-0.25, -0.2) is 27.9 Å². The van der Waals surface area contributed by atoms with Crippen LogP contribution in [0, 0.1) is 27.8 Å². The van der Waals surface area contributed by atoms with Crippen molar-refractivity contribution in [2.24, 2.45) is 5.92 Å². The van der Waals surface area contributed by atoms with Gasteiger partial charge in [-0.2, -0.15) is 5.26 Å². The van der Waals surface area contributed by atoms with E-state index in [1.54, 1.807) is 6.07 Å². The van der Waals surface area contributed by atoms with Crippen molar-refractivity contribution in [1.82, 2.24) is 9.71 Å². The third-order valence-electron chi connectivity index (χ3n) is 6.14. The summed E-state index contributed by atoms with van der Waals surface area (Å²) in [7, 11) is -3.91. The van der Waals surface area contributed by atoms with Crippen LogP contribution in [0.2, 0.25) is 0 Å². The van der Waals surface area contributed by atoms with E-state index in [0.29, 0.717) is 40.3 Å². The Morgan fingerprint density at radius 1 is 1.36 bits per heavy atom. The van der Waals surface area contributed by atoms with Crippen molar-refractivity contribution >= 4 is 21.6 Å². The van der Waals surface area contributed by atoms with Crippen LogP contribution < -0.4 is 10.0 Å². The average molecular weight is 512 g/mol. The normalized spacial score (nSPS) is 15.4. The lowest BCUT2D eigenvalue weighted by molar-refractivity contribution is 0.0779. The number of hydrogen-bond donors (Lipinski definition) is 4. The molecule has 4 rings (SSSR count). The van der Waals surface area contributed by atoms with Crippen molar-refractivity contribution in [2.75, 3.05) is 5.32 Å². The van der Waals surface area contributed by atoms with Crippen LogP contribution >= 0.6 is 0 Å². The highest BCUT2D eigenvalue weighted by atomic mass is 32.2. The number of rotatable bonds is 7. The number of aromatic nitrogens is 1. The van der Waals surface area contributed by atoms with Crippen LogP contribution in [0.4, 0.5) is 14.9 Å². The van der Waals surface area contributed by atoms with Crippen LogP contribution in [-0.4, -0.2) is 20.3 Å². The zero-order chi connectivity index (χ0) is 26.1. The van der Waals surface area contributed by atoms with Gasteiger partial charge >= 0.3 is 6.03 Å². The number of carbonyl (C=O) groups is 1. The van der Waals surface area contributed by atoms with Crippen molar-refractivity contribution in [3.8, 4) is 17.2 Å². The quantitative estimate of drug-likeness (QED) is 0.348. The van der Waals surface area contributed by atoms with E-state index >= 15 is 0 Å². The second-order valence-electron chi connectivity index (χ2n) is 9.36. The molecule has 0 spiro atoms. The Morgan fingerprint density at radius 2 is 2.11 bits per heavy atom. The summed E-state index contributed by atoms with van der Waals surface area (Å²) >= 11 is 0. The molecule has 1 atom stereocenters. The predicted octanol–water partition coefficient (Wildman–Crippen LogP) is 5.06. The largest absolute Gasteiger partial charge is 0.452 e. The number of urea groups is 1. The molecule has 1 aliphatic rings. The molecule has 1 saturated carbocycles. The van der Waals surface area contributed by atoms with Gasteiger partial charge in [0.25, 0.3) is 0 Å². The second-order valence-corrected chi connectivity index (χ2v) is 11.1. The summed E-state index contributed by atoms with van der Waals surface area (Å²) in [5.74, 6) is -0.154. The van der Waals surface area contributed by atoms with Crippen LogP contribution in [0.5, 0.6) is 0 Å². The molecule has 36 heavy (non-hydrogen) atoms. The number of aliphatic hydroxyl groups is 1. The predicted molar refractivity (Wildman–Crippen MR) is 131 cm³/mol. The van der Waals surface area contributed by atoms with Gasteiger partial charge in [0, 0.05) is 23.4 Å². The Bertz CT molecular complexity index is 1450. The van der Waals surface area contributed by atoms with Gasteiger partial charge < -0.3 is 14.8 Å². The van der Waals surface area contributed by atoms with E-state index < -0.39 is 27.4 Å². The fourth-order valence-corrected chi connectivity index (χ4v) is 4.86. The molecule has 0 bridgehead atoms. The van der Waals surface area contributed by atoms with E-state index in [4.69, 9.17) is 9.20 Å². The van der Waals surface area contributed by atoms with E-state index in [9.17, 15) is 23.8 Å². The molecular weight excluding hydrogens is 485 g/mol. The van der Waals surface area contributed by atoms with Gasteiger partial charge in [-0.1, -0.05) is 19.3 Å². The zero-order valence-electron chi connectivity index (χ0n) is 19.8. The number of nitrogens with zero attached hydrogens (tertiary/aromatic N) is 2. The molecule has 2 amide bonds. The molecule has 2 aromatic heterocycles. The number of amides is 2. The minimum absolute atomic E-state index is 0.127. The Labute approximate surface area is 208 Å². The van der Waals surface area contributed by atoms with Crippen LogP contribution in [0.25, 0.3) is 11.1 Å². The summed E-state index contributed by atoms with van der Waals surface area (Å²) in [6.07, 6.45) is 6.19. The Morgan fingerprint density at radius 3 is 2.72 bits per heavy atom. The fraction of sp³-hybridized carbons (Fsp3) is 0.320. The maximum atomic E-state index is 14.7. The van der Waals surface area contributed by atoms with Gasteiger partial charge in [0.05, 0.1) is 17.6 Å². The first kappa shape index (κ1) is 25.3. The number of hydrogen-bond acceptors (Lipinski definition) is 7. The lowest BCUT2D eigenvalue weighted by Crippen LogP contribution is -2.34. The van der Waals surface area contributed by atoms with Gasteiger partial charge in [0.15, 0.2) is 9.92 Å². The van der Waals surface area contributed by atoms with E-state index in [-0.39, 0.29) is 10.8 Å². The van der Waals surface area contributed by atoms with Crippen molar-refractivity contribution in [3.05, 3.63) is 65.4 Å². The van der Waals surface area contributed by atoms with Crippen molar-refractivity contribution in [3.63, 3.8) is 0 Å². The van der Waals surface area contributed by atoms with E-state index in [0.717, 1.165) is 19.3 Å². The molecule has 9 nitrogen and oxygen atoms in total. The summed E-state index contributed by atoms with van der Waals surface area (Å²) in [6, 6.07) is 7.93. The van der Waals surface area contributed by atoms with Crippen LogP contribution in [0.3, 0.4) is 0 Å². The standard InChI is InChI=1S/C25H26FN5O4S/c1-25(2,33)18-11-22(35-14-18)36(28,34)31-24(32)30-23-17(8-15-4-3-5-15)9-19(26)12-21(23)16-6-7-29-20(10-16)13-27/h6-7,9-12,14-15,33H,3-5,8H2,1-2H3,(H3,28,30,31,32,34)/t36-/m1/s1. The molecule has 0 unspecified atom stereocenters. The lowest BCUT2D eigenvalue weighted by atomic mass is 9.80. The van der Waals surface area contributed by atoms with Crippen molar-refractivity contribution in [1.29, 1.82) is 10.0 Å². The molecule has 0 radical (unpaired) electrons. The van der Waals surface area contributed by atoms with Gasteiger partial charge in [-0.05, 0) is 61.6 Å². The van der Waals surface area contributed by atoms with E-state index in [1.807, 2.05) is 6.07 Å². The number of pyridine rings is 1. The maximum absolute atomic E-state index is 14.7. The zero-order valence-corrected chi connectivity index (χ0v) is 20.6. The number of anilines is 1. The maximum Gasteiger partial charge on any atom is 0.332 e. The minimum atomic E-state index is -3.91. The van der Waals surface area contributed by atoms with E-state index in [1.165, 1.54) is 50.6 Å². The molecular formula is C25H26FN5O4S. The Hall–Kier alpha value is -3.75. The topological polar surface area (TPSA) is 152 Å². The molecule has 2 heterocycles. The number of benzene rings is 1. The first-order valence-electron chi connectivity index (χ1n) is 11.3. The first-order valence-corrected chi connectivity index (χ1v) is 12.9. The van der Waals surface area contributed by atoms with Crippen molar-refractivity contribution in [2.45, 2.75) is 50.2 Å². The molecule has 1 fully saturated rings.